The fourth-order valence-corrected chi connectivity index (χ4v) is 6.39. The monoisotopic (exact) mass is 538 g/mol. The fourth-order valence-electron chi connectivity index (χ4n) is 6.39. The van der Waals surface area contributed by atoms with Crippen molar-refractivity contribution in [3.63, 3.8) is 0 Å². The van der Waals surface area contributed by atoms with E-state index in [4.69, 9.17) is 0 Å². The lowest BCUT2D eigenvalue weighted by Gasteiger charge is -2.25. The summed E-state index contributed by atoms with van der Waals surface area (Å²) < 4.78 is 2.50. The highest BCUT2D eigenvalue weighted by Gasteiger charge is 2.26. The van der Waals surface area contributed by atoms with Crippen molar-refractivity contribution in [2.75, 3.05) is 0 Å². The van der Waals surface area contributed by atoms with Crippen LogP contribution < -0.4 is 4.57 Å². The van der Waals surface area contributed by atoms with Crippen molar-refractivity contribution in [2.45, 2.75) is 174 Å². The second kappa shape index (κ2) is 24.2. The Balaban J connectivity index is 1.76. The van der Waals surface area contributed by atoms with Gasteiger partial charge in [-0.2, -0.15) is 0 Å². The van der Waals surface area contributed by atoms with Gasteiger partial charge in [0.15, 0.2) is 0 Å². The predicted molar refractivity (Wildman–Crippen MR) is 171 cm³/mol. The highest BCUT2D eigenvalue weighted by Crippen LogP contribution is 2.29. The summed E-state index contributed by atoms with van der Waals surface area (Å²) in [5.74, 6) is 0.713. The quantitative estimate of drug-likeness (QED) is 0.0863. The number of unbranched alkanes of at least 4 members (excludes halogenated alkanes) is 19. The van der Waals surface area contributed by atoms with Gasteiger partial charge in [-0.05, 0) is 31.2 Å². The summed E-state index contributed by atoms with van der Waals surface area (Å²) >= 11 is 0. The third-order valence-corrected chi connectivity index (χ3v) is 8.87. The summed E-state index contributed by atoms with van der Waals surface area (Å²) in [6.07, 6.45) is 40.3. The first-order chi connectivity index (χ1) is 19.3. The maximum Gasteiger partial charge on any atom is 0.241 e. The lowest BCUT2D eigenvalue weighted by molar-refractivity contribution is -0.730. The Morgan fingerprint density at radius 2 is 1.03 bits per heavy atom. The minimum absolute atomic E-state index is 0.605. The van der Waals surface area contributed by atoms with E-state index >= 15 is 0 Å². The average Bonchev–Trinajstić information content (AvgIpc) is 3.49. The second-order valence-electron chi connectivity index (χ2n) is 12.4. The summed E-state index contributed by atoms with van der Waals surface area (Å²) in [7, 11) is 0. The van der Waals surface area contributed by atoms with Gasteiger partial charge in [-0.3, -0.25) is 4.98 Å². The highest BCUT2D eigenvalue weighted by molar-refractivity contribution is 5.15. The van der Waals surface area contributed by atoms with Gasteiger partial charge in [0.25, 0.3) is 0 Å². The predicted octanol–water partition coefficient (Wildman–Crippen LogP) is 11.7. The zero-order valence-corrected chi connectivity index (χ0v) is 26.2. The molecule has 1 aromatic heterocycles. The van der Waals surface area contributed by atoms with Crippen molar-refractivity contribution in [1.29, 1.82) is 0 Å². The second-order valence-corrected chi connectivity index (χ2v) is 12.4. The van der Waals surface area contributed by atoms with Gasteiger partial charge >= 0.3 is 0 Å². The zero-order chi connectivity index (χ0) is 27.6. The molecule has 0 saturated heterocycles. The van der Waals surface area contributed by atoms with Crippen molar-refractivity contribution in [3.8, 4) is 0 Å². The molecule has 0 fully saturated rings. The topological polar surface area (TPSA) is 19.7 Å². The Hall–Kier alpha value is -1.57. The maximum absolute atomic E-state index is 3.34. The van der Waals surface area contributed by atoms with Gasteiger partial charge in [-0.15, -0.1) is 0 Å². The van der Waals surface area contributed by atoms with E-state index in [0.717, 1.165) is 0 Å². The molecule has 0 bridgehead atoms. The Labute approximate surface area is 243 Å². The molecule has 1 aromatic carbocycles. The van der Waals surface area contributed by atoms with E-state index in [2.05, 4.69) is 72.5 Å². The number of aromatic amines is 1. The molecule has 2 atom stereocenters. The summed E-state index contributed by atoms with van der Waals surface area (Å²) in [4.78, 5) is 3.34. The highest BCUT2D eigenvalue weighted by atomic mass is 15.1. The number of aromatic nitrogens is 2. The summed E-state index contributed by atoms with van der Waals surface area (Å²) in [6.45, 7) is 4.61. The van der Waals surface area contributed by atoms with Crippen LogP contribution in [0.1, 0.15) is 173 Å². The molecule has 0 amide bonds. The minimum atomic E-state index is 0.605. The molecule has 39 heavy (non-hydrogen) atoms. The van der Waals surface area contributed by atoms with E-state index in [1.54, 1.807) is 0 Å². The molecule has 2 aromatic rings. The summed E-state index contributed by atoms with van der Waals surface area (Å²) in [6, 6.07) is 11.9. The van der Waals surface area contributed by atoms with Crippen LogP contribution in [-0.2, 0) is 6.42 Å². The van der Waals surface area contributed by atoms with E-state index in [-0.39, 0.29) is 0 Å². The van der Waals surface area contributed by atoms with Crippen LogP contribution in [0.15, 0.2) is 49.1 Å². The molecular formula is C37H65N2+. The van der Waals surface area contributed by atoms with Crippen molar-refractivity contribution < 1.29 is 4.57 Å². The van der Waals surface area contributed by atoms with Crippen molar-refractivity contribution in [3.05, 3.63) is 54.6 Å². The van der Waals surface area contributed by atoms with Crippen LogP contribution in [-0.4, -0.2) is 4.98 Å². The minimum Gasteiger partial charge on any atom is -0.250 e. The molecule has 1 N–H and O–H groups in total. The van der Waals surface area contributed by atoms with Crippen LogP contribution in [0.2, 0.25) is 0 Å². The molecule has 0 saturated carbocycles. The molecule has 0 aliphatic heterocycles. The molecule has 2 nitrogen and oxygen atoms in total. The number of nitrogens with zero attached hydrogens (tertiary/aromatic N) is 1. The van der Waals surface area contributed by atoms with Crippen molar-refractivity contribution in [1.82, 2.24) is 4.98 Å². The molecule has 0 aliphatic carbocycles. The molecule has 2 heteroatoms. The van der Waals surface area contributed by atoms with Crippen LogP contribution in [0.5, 0.6) is 0 Å². The van der Waals surface area contributed by atoms with Crippen molar-refractivity contribution in [2.24, 2.45) is 5.92 Å². The Morgan fingerprint density at radius 3 is 1.49 bits per heavy atom. The molecule has 2 unspecified atom stereocenters. The first-order valence-electron chi connectivity index (χ1n) is 17.4. The fraction of sp³-hybridized carbons (Fsp3) is 0.757. The van der Waals surface area contributed by atoms with Crippen LogP contribution in [0, 0.1) is 5.92 Å². The van der Waals surface area contributed by atoms with Gasteiger partial charge in [0.1, 0.15) is 18.4 Å². The first kappa shape index (κ1) is 33.6. The molecule has 0 spiro atoms. The lowest BCUT2D eigenvalue weighted by atomic mass is 9.84. The number of rotatable bonds is 27. The lowest BCUT2D eigenvalue weighted by Crippen LogP contribution is -2.42. The van der Waals surface area contributed by atoms with E-state index in [1.165, 1.54) is 160 Å². The van der Waals surface area contributed by atoms with E-state index in [1.807, 2.05) is 0 Å². The van der Waals surface area contributed by atoms with Gasteiger partial charge in [0, 0.05) is 5.92 Å². The number of nitrogens with one attached hydrogen (secondary N) is 1. The average molecular weight is 538 g/mol. The maximum atomic E-state index is 3.34. The third kappa shape index (κ3) is 17.0. The Morgan fingerprint density at radius 1 is 0.564 bits per heavy atom. The van der Waals surface area contributed by atoms with Gasteiger partial charge in [-0.1, -0.05) is 173 Å². The third-order valence-electron chi connectivity index (χ3n) is 8.87. The molecule has 1 heterocycles. The molecule has 0 aliphatic rings. The number of hydrogen-bond acceptors (Lipinski definition) is 0. The SMILES string of the molecule is CCCCCCCCCCCCCC(C(CCCCCCCCCCCC)Cc1ccccc1)[n+]1cc[nH]c1. The number of imidazole rings is 1. The van der Waals surface area contributed by atoms with E-state index in [9.17, 15) is 0 Å². The van der Waals surface area contributed by atoms with Gasteiger partial charge in [0.05, 0.1) is 0 Å². The van der Waals surface area contributed by atoms with Crippen LogP contribution in [0.3, 0.4) is 0 Å². The van der Waals surface area contributed by atoms with Gasteiger partial charge in [-0.25, -0.2) is 4.57 Å². The standard InChI is InChI=1S/C37H64N2/c1-3-5-7-9-11-13-15-17-19-21-26-30-37(39-32-31-38-34-39)36(33-35-27-23-22-24-28-35)29-25-20-18-16-14-12-10-8-6-4-2/h22-24,27-28,31-32,34,36-37H,3-21,25-26,29-30,33H2,1-2H3/p+1. The summed E-state index contributed by atoms with van der Waals surface area (Å²) in [5.41, 5.74) is 1.51. The first-order valence-corrected chi connectivity index (χ1v) is 17.4. The molecule has 0 radical (unpaired) electrons. The number of hydrogen-bond donors (Lipinski definition) is 1. The largest absolute Gasteiger partial charge is 0.250 e. The molecule has 2 rings (SSSR count). The van der Waals surface area contributed by atoms with Gasteiger partial charge in [0.2, 0.25) is 6.33 Å². The van der Waals surface area contributed by atoms with Gasteiger partial charge < -0.3 is 0 Å². The number of benzene rings is 1. The Kier molecular flexibility index (Phi) is 20.9. The zero-order valence-electron chi connectivity index (χ0n) is 26.2. The Bertz CT molecular complexity index is 738. The summed E-state index contributed by atoms with van der Waals surface area (Å²) in [5, 5.41) is 0. The molecule has 222 valence electrons. The molecular weight excluding hydrogens is 472 g/mol. The van der Waals surface area contributed by atoms with Crippen LogP contribution >= 0.6 is 0 Å². The number of H-pyrrole nitrogens is 1. The van der Waals surface area contributed by atoms with E-state index in [0.29, 0.717) is 12.0 Å². The smallest absolute Gasteiger partial charge is 0.241 e. The normalized spacial score (nSPS) is 13.1. The van der Waals surface area contributed by atoms with Crippen LogP contribution in [0.4, 0.5) is 0 Å². The van der Waals surface area contributed by atoms with Crippen molar-refractivity contribution >= 4 is 0 Å². The van der Waals surface area contributed by atoms with Crippen LogP contribution in [0.25, 0.3) is 0 Å². The van der Waals surface area contributed by atoms with E-state index < -0.39 is 0 Å².